The second-order valence-corrected chi connectivity index (χ2v) is 11.9. The molecular formula is C33H37ClN2O4. The summed E-state index contributed by atoms with van der Waals surface area (Å²) in [6.45, 7) is 12.1. The van der Waals surface area contributed by atoms with Gasteiger partial charge >= 0.3 is 5.97 Å². The third kappa shape index (κ3) is 6.34. The molecule has 0 saturated carbocycles. The number of aliphatic carboxylic acids is 1. The summed E-state index contributed by atoms with van der Waals surface area (Å²) in [5.74, 6) is -0.755. The molecule has 3 aromatic carbocycles. The maximum Gasteiger partial charge on any atom is 0.344 e. The van der Waals surface area contributed by atoms with E-state index in [1.807, 2.05) is 51.2 Å². The zero-order valence-electron chi connectivity index (χ0n) is 24.1. The number of halogens is 1. The van der Waals surface area contributed by atoms with Crippen molar-refractivity contribution in [3.05, 3.63) is 99.2 Å². The normalized spacial score (nSPS) is 13.2. The van der Waals surface area contributed by atoms with Crippen LogP contribution >= 0.6 is 11.6 Å². The molecule has 1 amide bonds. The van der Waals surface area contributed by atoms with Crippen molar-refractivity contribution in [1.82, 2.24) is 9.88 Å². The summed E-state index contributed by atoms with van der Waals surface area (Å²) in [4.78, 5) is 24.4. The van der Waals surface area contributed by atoms with Gasteiger partial charge in [0.2, 0.25) is 0 Å². The van der Waals surface area contributed by atoms with Crippen LogP contribution in [0.25, 0.3) is 10.9 Å². The first kappa shape index (κ1) is 29.2. The van der Waals surface area contributed by atoms with E-state index in [1.165, 1.54) is 12.5 Å². The molecule has 4 aromatic rings. The van der Waals surface area contributed by atoms with Crippen LogP contribution in [0.5, 0.6) is 5.75 Å². The van der Waals surface area contributed by atoms with Crippen molar-refractivity contribution in [1.29, 1.82) is 0 Å². The largest absolute Gasteiger partial charge is 0.479 e. The molecule has 210 valence electrons. The Kier molecular flexibility index (Phi) is 8.31. The Labute approximate surface area is 240 Å². The zero-order valence-corrected chi connectivity index (χ0v) is 24.9. The van der Waals surface area contributed by atoms with E-state index in [9.17, 15) is 14.7 Å². The molecule has 4 rings (SSSR count). The molecular weight excluding hydrogens is 524 g/mol. The molecule has 1 aromatic heterocycles. The number of carboxylic acid groups (broad SMARTS) is 1. The van der Waals surface area contributed by atoms with Gasteiger partial charge in [0.1, 0.15) is 5.75 Å². The lowest BCUT2D eigenvalue weighted by Crippen LogP contribution is -2.26. The Bertz CT molecular complexity index is 1560. The van der Waals surface area contributed by atoms with E-state index in [0.717, 1.165) is 33.3 Å². The fourth-order valence-electron chi connectivity index (χ4n) is 4.89. The van der Waals surface area contributed by atoms with Gasteiger partial charge in [-0.1, -0.05) is 62.7 Å². The molecule has 0 spiro atoms. The van der Waals surface area contributed by atoms with Crippen molar-refractivity contribution >= 4 is 34.4 Å². The quantitative estimate of drug-likeness (QED) is 0.236. The SMILES string of the molecule is Cc1c(Cc2cc(Cl)cc(O[C@@H](C)C(=O)O)c2)c2ccc(C(=O)N[C@@H](C)c3ccc(C(C)(C)C)cc3)cc2n1C. The molecule has 0 bridgehead atoms. The molecule has 0 aliphatic rings. The number of aryl methyl sites for hydroxylation is 1. The Morgan fingerprint density at radius 2 is 1.70 bits per heavy atom. The van der Waals surface area contributed by atoms with E-state index in [1.54, 1.807) is 6.07 Å². The van der Waals surface area contributed by atoms with E-state index < -0.39 is 12.1 Å². The van der Waals surface area contributed by atoms with E-state index >= 15 is 0 Å². The number of carbonyl (C=O) groups is 2. The highest BCUT2D eigenvalue weighted by molar-refractivity contribution is 6.30. The lowest BCUT2D eigenvalue weighted by Gasteiger charge is -2.20. The summed E-state index contributed by atoms with van der Waals surface area (Å²) in [7, 11) is 1.99. The highest BCUT2D eigenvalue weighted by Gasteiger charge is 2.19. The van der Waals surface area contributed by atoms with E-state index in [-0.39, 0.29) is 17.4 Å². The fourth-order valence-corrected chi connectivity index (χ4v) is 5.14. The summed E-state index contributed by atoms with van der Waals surface area (Å²) in [6, 6.07) is 19.3. The number of rotatable bonds is 8. The van der Waals surface area contributed by atoms with Crippen molar-refractivity contribution in [2.45, 2.75) is 65.5 Å². The number of benzene rings is 3. The minimum atomic E-state index is -1.04. The van der Waals surface area contributed by atoms with Crippen LogP contribution in [0.2, 0.25) is 5.02 Å². The van der Waals surface area contributed by atoms with Crippen molar-refractivity contribution in [3.63, 3.8) is 0 Å². The van der Waals surface area contributed by atoms with Crippen LogP contribution in [-0.4, -0.2) is 27.7 Å². The summed E-state index contributed by atoms with van der Waals surface area (Å²) in [6.07, 6.45) is -0.407. The van der Waals surface area contributed by atoms with Crippen LogP contribution in [-0.2, 0) is 23.7 Å². The first-order valence-corrected chi connectivity index (χ1v) is 13.8. The van der Waals surface area contributed by atoms with E-state index in [2.05, 4.69) is 54.9 Å². The number of nitrogens with one attached hydrogen (secondary N) is 1. The highest BCUT2D eigenvalue weighted by atomic mass is 35.5. The van der Waals surface area contributed by atoms with Gasteiger partial charge in [-0.15, -0.1) is 0 Å². The summed E-state index contributed by atoms with van der Waals surface area (Å²) >= 11 is 6.33. The second-order valence-electron chi connectivity index (χ2n) is 11.5. The molecule has 0 saturated heterocycles. The standard InChI is InChI=1S/C33H37ClN2O4/c1-19(23-8-11-25(12-9-23)33(4,5)6)35-31(37)24-10-13-28-29(20(2)36(7)30(28)17-24)16-22-14-26(34)18-27(15-22)40-21(3)32(38)39/h8-15,17-19,21H,16H2,1-7H3,(H,35,37)(H,38,39)/t19-,21-/m0/s1. The molecule has 6 nitrogen and oxygen atoms in total. The first-order chi connectivity index (χ1) is 18.7. The van der Waals surface area contributed by atoms with Crippen LogP contribution in [0, 0.1) is 6.92 Å². The van der Waals surface area contributed by atoms with E-state index in [0.29, 0.717) is 22.8 Å². The number of amides is 1. The van der Waals surface area contributed by atoms with Gasteiger partial charge in [-0.3, -0.25) is 4.79 Å². The Morgan fingerprint density at radius 1 is 1.02 bits per heavy atom. The van der Waals surface area contributed by atoms with Crippen LogP contribution in [0.15, 0.2) is 60.7 Å². The van der Waals surface area contributed by atoms with Gasteiger partial charge in [0.05, 0.1) is 6.04 Å². The maximum atomic E-state index is 13.2. The second kappa shape index (κ2) is 11.4. The molecule has 2 atom stereocenters. The number of ether oxygens (including phenoxy) is 1. The van der Waals surface area contributed by atoms with Crippen molar-refractivity contribution in [2.24, 2.45) is 7.05 Å². The Hall–Kier alpha value is -3.77. The predicted molar refractivity (Wildman–Crippen MR) is 161 cm³/mol. The average molecular weight is 561 g/mol. The topological polar surface area (TPSA) is 80.6 Å². The van der Waals surface area contributed by atoms with Crippen molar-refractivity contribution < 1.29 is 19.4 Å². The third-order valence-corrected chi connectivity index (χ3v) is 7.70. The van der Waals surface area contributed by atoms with Gasteiger partial charge in [-0.25, -0.2) is 4.79 Å². The summed E-state index contributed by atoms with van der Waals surface area (Å²) in [5, 5.41) is 13.8. The van der Waals surface area contributed by atoms with Crippen LogP contribution in [0.1, 0.15) is 79.0 Å². The number of fused-ring (bicyclic) bond motifs is 1. The smallest absolute Gasteiger partial charge is 0.344 e. The predicted octanol–water partition coefficient (Wildman–Crippen LogP) is 7.37. The Balaban J connectivity index is 1.56. The lowest BCUT2D eigenvalue weighted by atomic mass is 9.86. The first-order valence-electron chi connectivity index (χ1n) is 13.4. The molecule has 0 aliphatic carbocycles. The number of carboxylic acids is 1. The molecule has 0 fully saturated rings. The van der Waals surface area contributed by atoms with Crippen molar-refractivity contribution in [2.75, 3.05) is 0 Å². The van der Waals surface area contributed by atoms with Gasteiger partial charge < -0.3 is 19.7 Å². The van der Waals surface area contributed by atoms with Gasteiger partial charge in [-0.2, -0.15) is 0 Å². The molecule has 40 heavy (non-hydrogen) atoms. The number of carbonyl (C=O) groups excluding carboxylic acids is 1. The number of nitrogens with zero attached hydrogens (tertiary/aromatic N) is 1. The zero-order chi connectivity index (χ0) is 29.4. The monoisotopic (exact) mass is 560 g/mol. The van der Waals surface area contributed by atoms with Gasteiger partial charge in [0.15, 0.2) is 6.10 Å². The minimum absolute atomic E-state index is 0.0776. The minimum Gasteiger partial charge on any atom is -0.479 e. The van der Waals surface area contributed by atoms with Gasteiger partial charge in [0.25, 0.3) is 5.91 Å². The van der Waals surface area contributed by atoms with Gasteiger partial charge in [0, 0.05) is 40.7 Å². The molecule has 7 heteroatoms. The van der Waals surface area contributed by atoms with Crippen LogP contribution in [0.4, 0.5) is 0 Å². The van der Waals surface area contributed by atoms with E-state index in [4.69, 9.17) is 16.3 Å². The number of hydrogen-bond acceptors (Lipinski definition) is 3. The third-order valence-electron chi connectivity index (χ3n) is 7.48. The molecule has 2 N–H and O–H groups in total. The summed E-state index contributed by atoms with van der Waals surface area (Å²) < 4.78 is 7.64. The average Bonchev–Trinajstić information content (AvgIpc) is 3.12. The maximum absolute atomic E-state index is 13.2. The molecule has 1 heterocycles. The van der Waals surface area contributed by atoms with Crippen LogP contribution in [0.3, 0.4) is 0 Å². The lowest BCUT2D eigenvalue weighted by molar-refractivity contribution is -0.144. The van der Waals surface area contributed by atoms with Gasteiger partial charge in [-0.05, 0) is 78.8 Å². The number of aromatic nitrogens is 1. The molecule has 0 radical (unpaired) electrons. The number of hydrogen-bond donors (Lipinski definition) is 2. The van der Waals surface area contributed by atoms with Crippen LogP contribution < -0.4 is 10.1 Å². The molecule has 0 aliphatic heterocycles. The molecule has 0 unspecified atom stereocenters. The fraction of sp³-hybridized carbons (Fsp3) is 0.333. The summed E-state index contributed by atoms with van der Waals surface area (Å²) in [5.41, 5.74) is 7.03. The van der Waals surface area contributed by atoms with Crippen molar-refractivity contribution in [3.8, 4) is 5.75 Å². The Morgan fingerprint density at radius 3 is 2.33 bits per heavy atom. The highest BCUT2D eigenvalue weighted by Crippen LogP contribution is 2.31.